The number of ether oxygens (including phenoxy) is 2. The predicted molar refractivity (Wildman–Crippen MR) is 48.1 cm³/mol. The monoisotopic (exact) mass is 282 g/mol. The van der Waals surface area contributed by atoms with Crippen molar-refractivity contribution in [2.45, 2.75) is 44.6 Å². The van der Waals surface area contributed by atoms with Gasteiger partial charge in [-0.1, -0.05) is 0 Å². The number of alkyl halides is 6. The van der Waals surface area contributed by atoms with Crippen LogP contribution in [0.25, 0.3) is 0 Å². The van der Waals surface area contributed by atoms with Crippen LogP contribution in [0.2, 0.25) is 0 Å². The molecule has 0 radical (unpaired) electrons. The molecule has 0 aliphatic carbocycles. The van der Waals surface area contributed by atoms with Gasteiger partial charge >= 0.3 is 18.3 Å². The summed E-state index contributed by atoms with van der Waals surface area (Å²) in [6.07, 6.45) is -11.7. The third kappa shape index (κ3) is 5.97. The summed E-state index contributed by atoms with van der Waals surface area (Å²) in [6.45, 7) is 2.11. The largest absolute Gasteiger partial charge is 0.509 e. The summed E-state index contributed by atoms with van der Waals surface area (Å²) in [5, 5.41) is 0. The molecule has 0 saturated carbocycles. The van der Waals surface area contributed by atoms with Crippen molar-refractivity contribution in [3.05, 3.63) is 0 Å². The second-order valence-corrected chi connectivity index (χ2v) is 4.42. The molecule has 0 aliphatic rings. The Kier molecular flexibility index (Phi) is 4.90. The Balaban J connectivity index is 4.40. The van der Waals surface area contributed by atoms with Gasteiger partial charge in [-0.3, -0.25) is 0 Å². The average Bonchev–Trinajstić information content (AvgIpc) is 2.09. The zero-order chi connectivity index (χ0) is 14.8. The van der Waals surface area contributed by atoms with E-state index in [-0.39, 0.29) is 0 Å². The Hall–Kier alpha value is -1.15. The zero-order valence-corrected chi connectivity index (χ0v) is 9.78. The first kappa shape index (κ1) is 16.9. The van der Waals surface area contributed by atoms with Crippen molar-refractivity contribution in [2.75, 3.05) is 6.61 Å². The summed E-state index contributed by atoms with van der Waals surface area (Å²) in [5.41, 5.74) is -1.06. The number of carbonyl (C=O) groups excluding carboxylic acids is 1. The highest BCUT2D eigenvalue weighted by Gasteiger charge is 2.57. The van der Waals surface area contributed by atoms with Gasteiger partial charge < -0.3 is 9.47 Å². The van der Waals surface area contributed by atoms with Gasteiger partial charge in [0, 0.05) is 0 Å². The van der Waals surface area contributed by atoms with E-state index in [0.29, 0.717) is 0 Å². The van der Waals surface area contributed by atoms with Crippen LogP contribution in [0, 0.1) is 0 Å². The molecule has 0 aromatic carbocycles. The van der Waals surface area contributed by atoms with Gasteiger partial charge in [0.1, 0.15) is 5.60 Å². The van der Waals surface area contributed by atoms with E-state index in [9.17, 15) is 31.1 Å². The van der Waals surface area contributed by atoms with Crippen molar-refractivity contribution in [3.63, 3.8) is 0 Å². The molecule has 0 heterocycles. The van der Waals surface area contributed by atoms with Crippen LogP contribution in [-0.2, 0) is 9.47 Å². The molecule has 0 aliphatic heterocycles. The van der Waals surface area contributed by atoms with Gasteiger partial charge in [-0.05, 0) is 20.8 Å². The molecule has 0 unspecified atom stereocenters. The molecule has 0 amide bonds. The summed E-state index contributed by atoms with van der Waals surface area (Å²) in [6, 6.07) is 0. The molecule has 0 spiro atoms. The quantitative estimate of drug-likeness (QED) is 0.587. The first-order valence-electron chi connectivity index (χ1n) is 4.70. The highest BCUT2D eigenvalue weighted by molar-refractivity contribution is 5.60. The van der Waals surface area contributed by atoms with Crippen molar-refractivity contribution in [1.29, 1.82) is 0 Å². The molecule has 108 valence electrons. The van der Waals surface area contributed by atoms with Gasteiger partial charge in [0.2, 0.25) is 0 Å². The smallest absolute Gasteiger partial charge is 0.429 e. The third-order valence-corrected chi connectivity index (χ3v) is 1.43. The van der Waals surface area contributed by atoms with E-state index < -0.39 is 36.6 Å². The lowest BCUT2D eigenvalue weighted by Crippen LogP contribution is -2.45. The Labute approximate surface area is 99.0 Å². The summed E-state index contributed by atoms with van der Waals surface area (Å²) in [5.74, 6) is -4.87. The van der Waals surface area contributed by atoms with Crippen LogP contribution >= 0.6 is 0 Å². The van der Waals surface area contributed by atoms with Gasteiger partial charge in [0.25, 0.3) is 6.17 Å². The van der Waals surface area contributed by atoms with Gasteiger partial charge in [-0.25, -0.2) is 9.18 Å². The van der Waals surface area contributed by atoms with Crippen LogP contribution in [-0.4, -0.2) is 36.6 Å². The molecule has 0 saturated heterocycles. The summed E-state index contributed by atoms with van der Waals surface area (Å²) < 4.78 is 81.0. The summed E-state index contributed by atoms with van der Waals surface area (Å²) in [7, 11) is 0. The molecule has 18 heavy (non-hydrogen) atoms. The molecule has 0 aromatic rings. The zero-order valence-electron chi connectivity index (χ0n) is 9.78. The van der Waals surface area contributed by atoms with E-state index >= 15 is 0 Å². The molecule has 1 atom stereocenters. The van der Waals surface area contributed by atoms with Crippen LogP contribution in [0.15, 0.2) is 0 Å². The average molecular weight is 282 g/mol. The highest BCUT2D eigenvalue weighted by Crippen LogP contribution is 2.35. The van der Waals surface area contributed by atoms with Crippen molar-refractivity contribution < 1.29 is 40.6 Å². The maximum Gasteiger partial charge on any atom is 0.509 e. The fourth-order valence-electron chi connectivity index (χ4n) is 0.747. The van der Waals surface area contributed by atoms with E-state index in [4.69, 9.17) is 0 Å². The molecule has 0 fully saturated rings. The molecule has 0 N–H and O–H groups in total. The molecular weight excluding hydrogens is 270 g/mol. The molecule has 0 aromatic heterocycles. The van der Waals surface area contributed by atoms with Crippen molar-refractivity contribution >= 4 is 6.16 Å². The fourth-order valence-corrected chi connectivity index (χ4v) is 0.747. The Morgan fingerprint density at radius 1 is 1.11 bits per heavy atom. The molecule has 3 nitrogen and oxygen atoms in total. The Morgan fingerprint density at radius 2 is 1.56 bits per heavy atom. The van der Waals surface area contributed by atoms with E-state index in [1.165, 1.54) is 20.8 Å². The first-order valence-corrected chi connectivity index (χ1v) is 4.70. The predicted octanol–water partition coefficient (Wildman–Crippen LogP) is 3.47. The minimum Gasteiger partial charge on any atom is -0.429 e. The van der Waals surface area contributed by atoms with E-state index in [2.05, 4.69) is 9.47 Å². The molecular formula is C9H12F6O3. The normalized spacial score (nSPS) is 15.2. The third-order valence-electron chi connectivity index (χ3n) is 1.43. The van der Waals surface area contributed by atoms with Gasteiger partial charge in [-0.2, -0.15) is 22.0 Å². The second kappa shape index (κ2) is 5.23. The maximum absolute atomic E-state index is 12.7. The van der Waals surface area contributed by atoms with Gasteiger partial charge in [0.15, 0.2) is 6.61 Å². The van der Waals surface area contributed by atoms with E-state index in [1.807, 2.05) is 0 Å². The second-order valence-electron chi connectivity index (χ2n) is 4.42. The SMILES string of the molecule is CC(C)(C)OC(=O)OCC(F)(F)[C@H](F)C(F)(F)F. The summed E-state index contributed by atoms with van der Waals surface area (Å²) in [4.78, 5) is 10.8. The van der Waals surface area contributed by atoms with Gasteiger partial charge in [-0.15, -0.1) is 0 Å². The van der Waals surface area contributed by atoms with Crippen LogP contribution in [0.1, 0.15) is 20.8 Å². The maximum atomic E-state index is 12.7. The lowest BCUT2D eigenvalue weighted by molar-refractivity contribution is -0.253. The van der Waals surface area contributed by atoms with Crippen LogP contribution in [0.4, 0.5) is 31.1 Å². The number of carbonyl (C=O) groups is 1. The Morgan fingerprint density at radius 3 is 1.89 bits per heavy atom. The number of hydrogen-bond acceptors (Lipinski definition) is 3. The lowest BCUT2D eigenvalue weighted by atomic mass is 10.2. The van der Waals surface area contributed by atoms with E-state index in [1.54, 1.807) is 0 Å². The van der Waals surface area contributed by atoms with Crippen LogP contribution in [0.5, 0.6) is 0 Å². The van der Waals surface area contributed by atoms with E-state index in [0.717, 1.165) is 0 Å². The lowest BCUT2D eigenvalue weighted by Gasteiger charge is -2.23. The number of halogens is 6. The minimum absolute atomic E-state index is 1.06. The number of rotatable bonds is 3. The highest BCUT2D eigenvalue weighted by atomic mass is 19.4. The van der Waals surface area contributed by atoms with Crippen molar-refractivity contribution in [3.8, 4) is 0 Å². The number of hydrogen-bond donors (Lipinski definition) is 0. The van der Waals surface area contributed by atoms with Crippen molar-refractivity contribution in [2.24, 2.45) is 0 Å². The molecule has 0 bridgehead atoms. The molecule has 0 rings (SSSR count). The molecule has 9 heteroatoms. The van der Waals surface area contributed by atoms with Crippen molar-refractivity contribution in [1.82, 2.24) is 0 Å². The van der Waals surface area contributed by atoms with Crippen LogP contribution in [0.3, 0.4) is 0 Å². The fraction of sp³-hybridized carbons (Fsp3) is 0.889. The van der Waals surface area contributed by atoms with Crippen LogP contribution < -0.4 is 0 Å². The van der Waals surface area contributed by atoms with Gasteiger partial charge in [0.05, 0.1) is 0 Å². The Bertz CT molecular complexity index is 294. The summed E-state index contributed by atoms with van der Waals surface area (Å²) >= 11 is 0. The topological polar surface area (TPSA) is 35.5 Å². The minimum atomic E-state index is -5.74. The first-order chi connectivity index (χ1) is 7.76. The standard InChI is InChI=1S/C9H12F6O3/c1-7(2,3)18-6(16)17-4-8(11,12)5(10)9(13,14)15/h5H,4H2,1-3H3/t5-/m0/s1.